The van der Waals surface area contributed by atoms with Crippen LogP contribution in [0.3, 0.4) is 0 Å². The number of nitrogens with zero attached hydrogens (tertiary/aromatic N) is 5. The number of benzene rings is 2. The molecule has 0 aliphatic carbocycles. The number of hydrogen-bond acceptors (Lipinski definition) is 4. The van der Waals surface area contributed by atoms with Gasteiger partial charge in [0.05, 0.1) is 5.69 Å². The second-order valence-electron chi connectivity index (χ2n) is 7.24. The highest BCUT2D eigenvalue weighted by Crippen LogP contribution is 2.22. The number of fused-ring (bicyclic) bond motifs is 3. The largest absolute Gasteiger partial charge is 0.352 e. The lowest BCUT2D eigenvalue weighted by atomic mass is 10.1. The maximum absolute atomic E-state index is 13.2. The Bertz CT molecular complexity index is 1360. The number of rotatable bonds is 6. The van der Waals surface area contributed by atoms with Gasteiger partial charge < -0.3 is 5.32 Å². The van der Waals surface area contributed by atoms with E-state index in [1.54, 1.807) is 16.6 Å². The summed E-state index contributed by atoms with van der Waals surface area (Å²) in [6.07, 6.45) is 4.44. The minimum absolute atomic E-state index is 0.0374. The standard InChI is InChI=1S/C23H19FN6O/c24-18-8-6-17(7-9-18)19-14-20-23-27-26-21(29(23)12-13-30(20)28-19)10-11-22(31)25-15-16-4-2-1-3-5-16/h1-9,12-14H,10-11,15H2,(H,25,31). The number of carbonyl (C=O) groups excluding carboxylic acids is 1. The molecule has 0 fully saturated rings. The Morgan fingerprint density at radius 3 is 2.61 bits per heavy atom. The van der Waals surface area contributed by atoms with Gasteiger partial charge in [-0.2, -0.15) is 5.10 Å². The predicted octanol–water partition coefficient (Wildman–Crippen LogP) is 3.43. The number of hydrogen-bond donors (Lipinski definition) is 1. The van der Waals surface area contributed by atoms with Crippen LogP contribution in [0.25, 0.3) is 22.4 Å². The van der Waals surface area contributed by atoms with Crippen molar-refractivity contribution in [2.45, 2.75) is 19.4 Å². The van der Waals surface area contributed by atoms with Crippen molar-refractivity contribution in [1.29, 1.82) is 0 Å². The lowest BCUT2D eigenvalue weighted by Crippen LogP contribution is -2.23. The van der Waals surface area contributed by atoms with Crippen molar-refractivity contribution >= 4 is 17.1 Å². The Balaban J connectivity index is 1.33. The molecule has 0 unspecified atom stereocenters. The minimum Gasteiger partial charge on any atom is -0.352 e. The number of aromatic nitrogens is 5. The van der Waals surface area contributed by atoms with Crippen molar-refractivity contribution < 1.29 is 9.18 Å². The lowest BCUT2D eigenvalue weighted by Gasteiger charge is -2.05. The van der Waals surface area contributed by atoms with E-state index >= 15 is 0 Å². The second-order valence-corrected chi connectivity index (χ2v) is 7.24. The summed E-state index contributed by atoms with van der Waals surface area (Å²) in [5.41, 5.74) is 4.04. The molecule has 1 N–H and O–H groups in total. The molecule has 5 aromatic rings. The summed E-state index contributed by atoms with van der Waals surface area (Å²) in [4.78, 5) is 12.2. The van der Waals surface area contributed by atoms with E-state index in [4.69, 9.17) is 0 Å². The highest BCUT2D eigenvalue weighted by molar-refractivity contribution is 5.77. The summed E-state index contributed by atoms with van der Waals surface area (Å²) >= 11 is 0. The molecule has 7 nitrogen and oxygen atoms in total. The quantitative estimate of drug-likeness (QED) is 0.462. The molecule has 0 aliphatic rings. The zero-order chi connectivity index (χ0) is 21.2. The molecule has 154 valence electrons. The molecule has 0 bridgehead atoms. The predicted molar refractivity (Wildman–Crippen MR) is 114 cm³/mol. The Hall–Kier alpha value is -4.07. The summed E-state index contributed by atoms with van der Waals surface area (Å²) in [5.74, 6) is 0.381. The van der Waals surface area contributed by atoms with Crippen LogP contribution < -0.4 is 5.32 Å². The number of nitrogens with one attached hydrogen (secondary N) is 1. The van der Waals surface area contributed by atoms with Gasteiger partial charge in [0, 0.05) is 37.3 Å². The maximum Gasteiger partial charge on any atom is 0.220 e. The molecule has 0 radical (unpaired) electrons. The van der Waals surface area contributed by atoms with Crippen LogP contribution in [0.2, 0.25) is 0 Å². The topological polar surface area (TPSA) is 76.6 Å². The summed E-state index contributed by atoms with van der Waals surface area (Å²) in [7, 11) is 0. The third kappa shape index (κ3) is 3.87. The zero-order valence-electron chi connectivity index (χ0n) is 16.6. The van der Waals surface area contributed by atoms with E-state index in [0.29, 0.717) is 30.9 Å². The third-order valence-electron chi connectivity index (χ3n) is 5.14. The second kappa shape index (κ2) is 7.98. The molecule has 3 aromatic heterocycles. The third-order valence-corrected chi connectivity index (χ3v) is 5.14. The minimum atomic E-state index is -0.287. The summed E-state index contributed by atoms with van der Waals surface area (Å²) in [5, 5.41) is 16.0. The van der Waals surface area contributed by atoms with Crippen LogP contribution in [0.1, 0.15) is 17.8 Å². The van der Waals surface area contributed by atoms with Crippen LogP contribution in [-0.4, -0.2) is 30.1 Å². The monoisotopic (exact) mass is 414 g/mol. The summed E-state index contributed by atoms with van der Waals surface area (Å²) in [6, 6.07) is 17.9. The van der Waals surface area contributed by atoms with Crippen LogP contribution in [0.5, 0.6) is 0 Å². The number of amides is 1. The van der Waals surface area contributed by atoms with E-state index in [1.165, 1.54) is 12.1 Å². The molecule has 0 spiro atoms. The fraction of sp³-hybridized carbons (Fsp3) is 0.130. The van der Waals surface area contributed by atoms with Gasteiger partial charge in [-0.25, -0.2) is 8.91 Å². The molecular formula is C23H19FN6O. The van der Waals surface area contributed by atoms with Crippen molar-refractivity contribution in [2.75, 3.05) is 0 Å². The van der Waals surface area contributed by atoms with E-state index in [2.05, 4.69) is 20.6 Å². The van der Waals surface area contributed by atoms with Gasteiger partial charge in [0.25, 0.3) is 0 Å². The van der Waals surface area contributed by atoms with Gasteiger partial charge in [-0.15, -0.1) is 10.2 Å². The molecule has 8 heteroatoms. The molecule has 0 saturated carbocycles. The van der Waals surface area contributed by atoms with Crippen molar-refractivity contribution in [1.82, 2.24) is 29.5 Å². The number of halogens is 1. The normalized spacial score (nSPS) is 11.3. The molecule has 0 saturated heterocycles. The average Bonchev–Trinajstić information content (AvgIpc) is 3.41. The lowest BCUT2D eigenvalue weighted by molar-refractivity contribution is -0.121. The van der Waals surface area contributed by atoms with Crippen LogP contribution >= 0.6 is 0 Å². The summed E-state index contributed by atoms with van der Waals surface area (Å²) in [6.45, 7) is 0.503. The smallest absolute Gasteiger partial charge is 0.220 e. The molecule has 0 atom stereocenters. The molecule has 0 aliphatic heterocycles. The highest BCUT2D eigenvalue weighted by Gasteiger charge is 2.13. The molecule has 3 heterocycles. The average molecular weight is 414 g/mol. The Morgan fingerprint density at radius 2 is 1.81 bits per heavy atom. The Labute approximate surface area is 177 Å². The van der Waals surface area contributed by atoms with Gasteiger partial charge >= 0.3 is 0 Å². The fourth-order valence-electron chi connectivity index (χ4n) is 3.50. The van der Waals surface area contributed by atoms with Gasteiger partial charge in [0.1, 0.15) is 17.2 Å². The van der Waals surface area contributed by atoms with Gasteiger partial charge in [0.15, 0.2) is 5.65 Å². The van der Waals surface area contributed by atoms with Crippen LogP contribution in [0, 0.1) is 5.82 Å². The van der Waals surface area contributed by atoms with Crippen molar-refractivity contribution in [3.63, 3.8) is 0 Å². The van der Waals surface area contributed by atoms with Crippen molar-refractivity contribution in [3.05, 3.63) is 90.3 Å². The van der Waals surface area contributed by atoms with E-state index in [1.807, 2.05) is 53.2 Å². The van der Waals surface area contributed by atoms with E-state index in [-0.39, 0.29) is 11.7 Å². The SMILES string of the molecule is O=C(CCc1nnc2c3cc(-c4ccc(F)cc4)nn3ccn12)NCc1ccccc1. The van der Waals surface area contributed by atoms with Gasteiger partial charge in [-0.3, -0.25) is 9.20 Å². The van der Waals surface area contributed by atoms with E-state index in [0.717, 1.165) is 22.3 Å². The van der Waals surface area contributed by atoms with Gasteiger partial charge in [0.2, 0.25) is 5.91 Å². The van der Waals surface area contributed by atoms with Crippen molar-refractivity contribution in [2.24, 2.45) is 0 Å². The molecule has 2 aromatic carbocycles. The van der Waals surface area contributed by atoms with E-state index < -0.39 is 0 Å². The van der Waals surface area contributed by atoms with Crippen LogP contribution in [0.4, 0.5) is 4.39 Å². The first-order chi connectivity index (χ1) is 15.2. The zero-order valence-corrected chi connectivity index (χ0v) is 16.6. The molecule has 31 heavy (non-hydrogen) atoms. The molecule has 1 amide bonds. The fourth-order valence-corrected chi connectivity index (χ4v) is 3.50. The number of carbonyl (C=O) groups is 1. The van der Waals surface area contributed by atoms with Crippen molar-refractivity contribution in [3.8, 4) is 11.3 Å². The first-order valence-corrected chi connectivity index (χ1v) is 9.96. The first-order valence-electron chi connectivity index (χ1n) is 9.96. The highest BCUT2D eigenvalue weighted by atomic mass is 19.1. The van der Waals surface area contributed by atoms with Gasteiger partial charge in [-0.05, 0) is 35.9 Å². The summed E-state index contributed by atoms with van der Waals surface area (Å²) < 4.78 is 16.8. The first kappa shape index (κ1) is 18.9. The molecular weight excluding hydrogens is 395 g/mol. The Morgan fingerprint density at radius 1 is 1.00 bits per heavy atom. The van der Waals surface area contributed by atoms with Gasteiger partial charge in [-0.1, -0.05) is 30.3 Å². The van der Waals surface area contributed by atoms with Crippen LogP contribution in [-0.2, 0) is 17.8 Å². The van der Waals surface area contributed by atoms with E-state index in [9.17, 15) is 9.18 Å². The Kier molecular flexibility index (Phi) is 4.87. The number of aryl methyl sites for hydroxylation is 1. The molecule has 5 rings (SSSR count). The van der Waals surface area contributed by atoms with Crippen LogP contribution in [0.15, 0.2) is 73.1 Å². The maximum atomic E-state index is 13.2.